The number of amides is 2. The molecule has 0 aromatic heterocycles. The number of quaternary nitrogens is 2. The first-order valence-corrected chi connectivity index (χ1v) is 30.8. The molecule has 0 bridgehead atoms. The van der Waals surface area contributed by atoms with E-state index in [1.165, 1.54) is 39.5 Å². The van der Waals surface area contributed by atoms with Gasteiger partial charge in [-0.2, -0.15) is 0 Å². The molecular formula is C62H116N4O12+2. The lowest BCUT2D eigenvalue weighted by atomic mass is 10.0. The van der Waals surface area contributed by atoms with Crippen molar-refractivity contribution < 1.29 is 66.9 Å². The van der Waals surface area contributed by atoms with Gasteiger partial charge in [0.1, 0.15) is 38.5 Å². The summed E-state index contributed by atoms with van der Waals surface area (Å²) in [5, 5.41) is 28.0. The zero-order valence-corrected chi connectivity index (χ0v) is 50.8. The van der Waals surface area contributed by atoms with Crippen molar-refractivity contribution in [1.29, 1.82) is 0 Å². The summed E-state index contributed by atoms with van der Waals surface area (Å²) in [6.45, 7) is 10.2. The molecular weight excluding hydrogens is 993 g/mol. The molecule has 4 unspecified atom stereocenters. The average molecular weight is 1110 g/mol. The highest BCUT2D eigenvalue weighted by molar-refractivity contribution is 5.76. The Balaban J connectivity index is 3.90. The molecule has 2 amide bonds. The van der Waals surface area contributed by atoms with Gasteiger partial charge in [0.05, 0.1) is 40.4 Å². The number of allylic oxidation sites excluding steroid dienone is 2. The number of unbranched alkanes of at least 4 members (excludes halogenated alkanes) is 21. The van der Waals surface area contributed by atoms with Gasteiger partial charge >= 0.3 is 23.9 Å². The molecule has 16 nitrogen and oxygen atoms in total. The summed E-state index contributed by atoms with van der Waals surface area (Å²) in [5.74, 6) is -1.11. The normalized spacial score (nSPS) is 13.5. The topological polar surface area (TPSA) is 204 Å². The molecule has 16 heteroatoms. The Bertz CT molecular complexity index is 1510. The minimum Gasteiger partial charge on any atom is -0.460 e. The maximum atomic E-state index is 12.8. The van der Waals surface area contributed by atoms with Crippen LogP contribution in [0, 0.1) is 0 Å². The van der Waals surface area contributed by atoms with Crippen LogP contribution in [-0.4, -0.2) is 160 Å². The number of esters is 4. The fourth-order valence-electron chi connectivity index (χ4n) is 9.10. The molecule has 0 saturated carbocycles. The molecule has 0 aliphatic heterocycles. The summed E-state index contributed by atoms with van der Waals surface area (Å²) in [4.78, 5) is 72.4. The van der Waals surface area contributed by atoms with Crippen LogP contribution in [0.2, 0.25) is 0 Å². The second-order valence-electron chi connectivity index (χ2n) is 23.1. The zero-order chi connectivity index (χ0) is 58.1. The van der Waals surface area contributed by atoms with E-state index in [4.69, 9.17) is 18.9 Å². The smallest absolute Gasteiger partial charge is 0.362 e. The molecule has 0 radical (unpaired) electrons. The summed E-state index contributed by atoms with van der Waals surface area (Å²) in [6.07, 6.45) is 36.0. The highest BCUT2D eigenvalue weighted by atomic mass is 16.6. The predicted octanol–water partition coefficient (Wildman–Crippen LogP) is 10.7. The highest BCUT2D eigenvalue weighted by Gasteiger charge is 2.29. The lowest BCUT2D eigenvalue weighted by molar-refractivity contribution is -0.883. The van der Waals surface area contributed by atoms with Crippen molar-refractivity contribution in [2.75, 3.05) is 80.7 Å². The molecule has 0 fully saturated rings. The third-order valence-corrected chi connectivity index (χ3v) is 14.1. The number of hydrogen-bond donors (Lipinski definition) is 4. The highest BCUT2D eigenvalue weighted by Crippen LogP contribution is 2.18. The van der Waals surface area contributed by atoms with E-state index >= 15 is 0 Å². The van der Waals surface area contributed by atoms with Gasteiger partial charge in [0, 0.05) is 39.8 Å². The van der Waals surface area contributed by atoms with Gasteiger partial charge in [0.15, 0.2) is 13.1 Å². The lowest BCUT2D eigenvalue weighted by Gasteiger charge is -2.30. The molecule has 0 aliphatic carbocycles. The van der Waals surface area contributed by atoms with Crippen LogP contribution < -0.4 is 10.6 Å². The van der Waals surface area contributed by atoms with Crippen molar-refractivity contribution in [2.45, 2.75) is 258 Å². The van der Waals surface area contributed by atoms with E-state index < -0.39 is 24.4 Å². The largest absolute Gasteiger partial charge is 0.460 e. The zero-order valence-electron chi connectivity index (χ0n) is 50.8. The minimum absolute atomic E-state index is 0.133. The molecule has 4 N–H and O–H groups in total. The molecule has 78 heavy (non-hydrogen) atoms. The van der Waals surface area contributed by atoms with E-state index in [0.717, 1.165) is 154 Å². The van der Waals surface area contributed by atoms with Crippen LogP contribution in [0.15, 0.2) is 24.3 Å². The number of aliphatic hydroxyl groups is 2. The molecule has 0 rings (SSSR count). The second kappa shape index (κ2) is 49.0. The fourth-order valence-corrected chi connectivity index (χ4v) is 9.10. The van der Waals surface area contributed by atoms with Crippen LogP contribution in [0.3, 0.4) is 0 Å². The van der Waals surface area contributed by atoms with E-state index in [9.17, 15) is 39.0 Å². The maximum absolute atomic E-state index is 12.8. The molecule has 0 aromatic carbocycles. The summed E-state index contributed by atoms with van der Waals surface area (Å²) in [5.41, 5.74) is 0. The Morgan fingerprint density at radius 3 is 1.13 bits per heavy atom. The van der Waals surface area contributed by atoms with Gasteiger partial charge in [0.2, 0.25) is 11.8 Å². The number of nitrogens with one attached hydrogen (secondary N) is 2. The first-order valence-electron chi connectivity index (χ1n) is 30.8. The van der Waals surface area contributed by atoms with Gasteiger partial charge in [-0.15, -0.1) is 0 Å². The monoisotopic (exact) mass is 1110 g/mol. The van der Waals surface area contributed by atoms with Crippen LogP contribution in [0.4, 0.5) is 0 Å². The molecule has 0 saturated heterocycles. The Labute approximate surface area is 474 Å². The quantitative estimate of drug-likeness (QED) is 0.0148. The van der Waals surface area contributed by atoms with E-state index in [1.54, 1.807) is 0 Å². The number of carbonyl (C=O) groups is 6. The number of carbonyl (C=O) groups excluding carboxylic acids is 6. The van der Waals surface area contributed by atoms with Crippen molar-refractivity contribution in [1.82, 2.24) is 10.6 Å². The summed E-state index contributed by atoms with van der Waals surface area (Å²) >= 11 is 0. The number of rotatable bonds is 53. The van der Waals surface area contributed by atoms with E-state index in [1.807, 2.05) is 40.3 Å². The molecule has 0 spiro atoms. The van der Waals surface area contributed by atoms with E-state index in [2.05, 4.69) is 36.6 Å². The van der Waals surface area contributed by atoms with Crippen LogP contribution in [-0.2, 0) is 47.7 Å². The Kier molecular flexibility index (Phi) is 46.6. The van der Waals surface area contributed by atoms with Crippen LogP contribution >= 0.6 is 0 Å². The van der Waals surface area contributed by atoms with Gasteiger partial charge in [-0.3, -0.25) is 19.2 Å². The molecule has 0 aliphatic rings. The third-order valence-electron chi connectivity index (χ3n) is 14.1. The Morgan fingerprint density at radius 2 is 0.782 bits per heavy atom. The van der Waals surface area contributed by atoms with Crippen molar-refractivity contribution in [3.05, 3.63) is 24.3 Å². The molecule has 4 atom stereocenters. The van der Waals surface area contributed by atoms with Crippen molar-refractivity contribution in [3.63, 3.8) is 0 Å². The fraction of sp³-hybridized carbons (Fsp3) is 0.839. The lowest BCUT2D eigenvalue weighted by Crippen LogP contribution is -2.47. The van der Waals surface area contributed by atoms with Gasteiger partial charge < -0.3 is 48.8 Å². The van der Waals surface area contributed by atoms with Crippen molar-refractivity contribution in [2.24, 2.45) is 0 Å². The van der Waals surface area contributed by atoms with Crippen LogP contribution in [0.5, 0.6) is 0 Å². The van der Waals surface area contributed by atoms with Gasteiger partial charge in [-0.1, -0.05) is 141 Å². The van der Waals surface area contributed by atoms with Crippen LogP contribution in [0.25, 0.3) is 0 Å². The first-order chi connectivity index (χ1) is 37.3. The summed E-state index contributed by atoms with van der Waals surface area (Å²) in [7, 11) is 7.56. The van der Waals surface area contributed by atoms with Crippen molar-refractivity contribution >= 4 is 35.7 Å². The second-order valence-corrected chi connectivity index (χ2v) is 23.1. The minimum atomic E-state index is -0.759. The number of ether oxygens (including phenoxy) is 4. The summed E-state index contributed by atoms with van der Waals surface area (Å²) < 4.78 is 22.3. The van der Waals surface area contributed by atoms with Gasteiger partial charge in [-0.25, -0.2) is 9.59 Å². The first kappa shape index (κ1) is 74.1. The number of likely N-dealkylation sites (N-methyl/N-ethyl adjacent to an activating group) is 2. The van der Waals surface area contributed by atoms with Crippen LogP contribution in [0.1, 0.15) is 233 Å². The predicted molar refractivity (Wildman–Crippen MR) is 312 cm³/mol. The standard InChI is InChI=1S/C62H114N4O12/c1-9-11-31-41-57(77-61(73)51-65(5,6)47-49-75-53(3)67)55(69)39-33-25-19-13-15-21-27-35-43-59(71)63-45-37-29-23-17-18-24-30-38-46-64-60(72)44-36-28-22-16-14-20-26-34-40-56(70)58(42-32-12-10-2)78-62(74)52-66(7,8)48-50-76-54(4)68/h25-26,33-34,55-58,69-70H,9-24,27-32,35-52H2,1-8H3/p+2/b33-25-,34-26-. The van der Waals surface area contributed by atoms with Crippen molar-refractivity contribution in [3.8, 4) is 0 Å². The number of aliphatic hydroxyl groups excluding tert-OH is 2. The van der Waals surface area contributed by atoms with E-state index in [0.29, 0.717) is 60.6 Å². The number of hydrogen-bond acceptors (Lipinski definition) is 12. The van der Waals surface area contributed by atoms with Gasteiger partial charge in [0.25, 0.3) is 0 Å². The Morgan fingerprint density at radius 1 is 0.449 bits per heavy atom. The third kappa shape index (κ3) is 48.1. The SMILES string of the molecule is CCCCCC(OC(=O)C[N+](C)(C)CCOC(C)=O)C(O)C/C=C\CCCCCCCC(=O)NCCCCCCCCCCNC(=O)CCCCCCC/C=C\CC(O)C(CCCCC)OC(=O)C[N+](C)(C)CCOC(C)=O. The summed E-state index contributed by atoms with van der Waals surface area (Å²) in [6, 6.07) is 0. The van der Waals surface area contributed by atoms with E-state index in [-0.39, 0.29) is 62.0 Å². The van der Waals surface area contributed by atoms with Gasteiger partial charge in [-0.05, 0) is 89.9 Å². The average Bonchev–Trinajstić information content (AvgIpc) is 3.36. The Hall–Kier alpha value is -3.86. The maximum Gasteiger partial charge on any atom is 0.362 e. The number of nitrogens with zero attached hydrogens (tertiary/aromatic N) is 2. The molecule has 0 heterocycles. The molecule has 454 valence electrons. The molecule has 0 aromatic rings.